The van der Waals surface area contributed by atoms with Crippen molar-refractivity contribution in [3.8, 4) is 0 Å². The molecule has 0 aromatic rings. The fourth-order valence-electron chi connectivity index (χ4n) is 1.36. The second-order valence-electron chi connectivity index (χ2n) is 4.56. The Morgan fingerprint density at radius 3 is 1.93 bits per heavy atom. The van der Waals surface area contributed by atoms with Crippen LogP contribution in [0.4, 0.5) is 0 Å². The molecule has 0 spiro atoms. The Bertz CT molecular complexity index is 316. The third-order valence-corrected chi connectivity index (χ3v) is 4.99. The highest BCUT2D eigenvalue weighted by molar-refractivity contribution is 7.90. The summed E-state index contributed by atoms with van der Waals surface area (Å²) in [6, 6.07) is 0. The predicted octanol–water partition coefficient (Wildman–Crippen LogP) is 0.780. The van der Waals surface area contributed by atoms with Gasteiger partial charge in [0.2, 0.25) is 10.0 Å². The predicted molar refractivity (Wildman–Crippen MR) is 54.5 cm³/mol. The van der Waals surface area contributed by atoms with E-state index in [0.29, 0.717) is 25.9 Å². The number of hydrogen-bond donors (Lipinski definition) is 0. The molecule has 0 radical (unpaired) electrons. The smallest absolute Gasteiger partial charge is 0.219 e. The number of carbonyl (C=O) groups is 1. The first-order valence-corrected chi connectivity index (χ1v) is 6.20. The van der Waals surface area contributed by atoms with Gasteiger partial charge in [-0.2, -0.15) is 0 Å². The summed E-state index contributed by atoms with van der Waals surface area (Å²) in [5.74, 6) is 0.158. The van der Waals surface area contributed by atoms with E-state index in [0.717, 1.165) is 0 Å². The molecule has 0 aromatic heterocycles. The summed E-state index contributed by atoms with van der Waals surface area (Å²) in [6.45, 7) is 5.73. The van der Waals surface area contributed by atoms with Crippen molar-refractivity contribution in [2.75, 3.05) is 13.1 Å². The third kappa shape index (κ3) is 2.15. The molecule has 0 N–H and O–H groups in total. The van der Waals surface area contributed by atoms with Gasteiger partial charge in [-0.05, 0) is 20.8 Å². The lowest BCUT2D eigenvalue weighted by molar-refractivity contribution is -0.120. The summed E-state index contributed by atoms with van der Waals surface area (Å²) < 4.78 is 24.5. The van der Waals surface area contributed by atoms with Crippen molar-refractivity contribution in [1.29, 1.82) is 0 Å². The maximum Gasteiger partial charge on any atom is 0.219 e. The molecule has 0 atom stereocenters. The van der Waals surface area contributed by atoms with Crippen LogP contribution < -0.4 is 0 Å². The number of sulfonamides is 1. The molecule has 82 valence electrons. The summed E-state index contributed by atoms with van der Waals surface area (Å²) >= 11 is 0. The van der Waals surface area contributed by atoms with Gasteiger partial charge in [-0.25, -0.2) is 12.7 Å². The van der Waals surface area contributed by atoms with Crippen molar-refractivity contribution in [1.82, 2.24) is 4.31 Å². The van der Waals surface area contributed by atoms with Crippen molar-refractivity contribution in [3.63, 3.8) is 0 Å². The van der Waals surface area contributed by atoms with Crippen molar-refractivity contribution in [2.45, 2.75) is 38.4 Å². The van der Waals surface area contributed by atoms with Crippen LogP contribution in [0, 0.1) is 0 Å². The molecule has 5 heteroatoms. The molecule has 0 unspecified atom stereocenters. The number of rotatable bonds is 1. The number of Topliss-reactive ketones (excluding diaryl/α,β-unsaturated/α-hetero) is 1. The number of carbonyl (C=O) groups excluding carboxylic acids is 1. The van der Waals surface area contributed by atoms with Gasteiger partial charge in [0.1, 0.15) is 5.78 Å². The standard InChI is InChI=1S/C9H17NO3S/c1-9(2,3)14(12,13)10-6-4-8(11)5-7-10/h4-7H2,1-3H3. The lowest BCUT2D eigenvalue weighted by Gasteiger charge is -2.31. The molecule has 1 aliphatic heterocycles. The average Bonchev–Trinajstić information content (AvgIpc) is 2.03. The Kier molecular flexibility index (Phi) is 3.02. The SMILES string of the molecule is CC(C)(C)S(=O)(=O)N1CCC(=O)CC1. The van der Waals surface area contributed by atoms with Crippen LogP contribution in [0.15, 0.2) is 0 Å². The normalized spacial score (nSPS) is 21.2. The van der Waals surface area contributed by atoms with Crippen LogP contribution in [-0.4, -0.2) is 36.3 Å². The number of piperidine rings is 1. The van der Waals surface area contributed by atoms with Crippen LogP contribution in [0.5, 0.6) is 0 Å². The van der Waals surface area contributed by atoms with E-state index >= 15 is 0 Å². The van der Waals surface area contributed by atoms with E-state index in [1.807, 2.05) is 0 Å². The minimum Gasteiger partial charge on any atom is -0.300 e. The topological polar surface area (TPSA) is 54.5 Å². The van der Waals surface area contributed by atoms with Crippen molar-refractivity contribution < 1.29 is 13.2 Å². The van der Waals surface area contributed by atoms with Crippen molar-refractivity contribution in [3.05, 3.63) is 0 Å². The van der Waals surface area contributed by atoms with Crippen LogP contribution in [0.1, 0.15) is 33.6 Å². The molecule has 0 saturated carbocycles. The molecule has 14 heavy (non-hydrogen) atoms. The maximum absolute atomic E-state index is 11.9. The zero-order valence-electron chi connectivity index (χ0n) is 8.91. The lowest BCUT2D eigenvalue weighted by Crippen LogP contribution is -2.46. The average molecular weight is 219 g/mol. The Balaban J connectivity index is 2.81. The van der Waals surface area contributed by atoms with Gasteiger partial charge in [0.05, 0.1) is 4.75 Å². The first-order valence-electron chi connectivity index (χ1n) is 4.76. The lowest BCUT2D eigenvalue weighted by atomic mass is 10.1. The highest BCUT2D eigenvalue weighted by Crippen LogP contribution is 2.22. The molecule has 1 rings (SSSR count). The van der Waals surface area contributed by atoms with E-state index < -0.39 is 14.8 Å². The van der Waals surface area contributed by atoms with Crippen molar-refractivity contribution >= 4 is 15.8 Å². The third-order valence-electron chi connectivity index (χ3n) is 2.39. The first-order chi connectivity index (χ1) is 6.25. The fourth-order valence-corrected chi connectivity index (χ4v) is 2.80. The van der Waals surface area contributed by atoms with Crippen LogP contribution in [-0.2, 0) is 14.8 Å². The van der Waals surface area contributed by atoms with Gasteiger partial charge in [0.25, 0.3) is 0 Å². The molecule has 1 saturated heterocycles. The van der Waals surface area contributed by atoms with Gasteiger partial charge in [-0.1, -0.05) is 0 Å². The minimum atomic E-state index is -3.24. The van der Waals surface area contributed by atoms with Crippen LogP contribution >= 0.6 is 0 Å². The van der Waals surface area contributed by atoms with Gasteiger partial charge in [-0.15, -0.1) is 0 Å². The Hall–Kier alpha value is -0.420. The summed E-state index contributed by atoms with van der Waals surface area (Å²) in [6.07, 6.45) is 0.713. The van der Waals surface area contributed by atoms with Crippen LogP contribution in [0.2, 0.25) is 0 Å². The van der Waals surface area contributed by atoms with Gasteiger partial charge in [0.15, 0.2) is 0 Å². The largest absolute Gasteiger partial charge is 0.300 e. The van der Waals surface area contributed by atoms with Gasteiger partial charge in [-0.3, -0.25) is 4.79 Å². The van der Waals surface area contributed by atoms with Gasteiger partial charge >= 0.3 is 0 Å². The zero-order chi connectivity index (χ0) is 11.0. The van der Waals surface area contributed by atoms with Crippen LogP contribution in [0.25, 0.3) is 0 Å². The van der Waals surface area contributed by atoms with E-state index in [-0.39, 0.29) is 5.78 Å². The molecule has 0 aliphatic carbocycles. The molecular formula is C9H17NO3S. The summed E-state index contributed by atoms with van der Waals surface area (Å²) in [5.41, 5.74) is 0. The minimum absolute atomic E-state index is 0.158. The molecule has 0 aromatic carbocycles. The Labute approximate surface area is 85.3 Å². The first kappa shape index (κ1) is 11.7. The highest BCUT2D eigenvalue weighted by atomic mass is 32.2. The number of nitrogens with zero attached hydrogens (tertiary/aromatic N) is 1. The Morgan fingerprint density at radius 1 is 1.14 bits per heavy atom. The molecule has 0 amide bonds. The van der Waals surface area contributed by atoms with Gasteiger partial charge < -0.3 is 0 Å². The maximum atomic E-state index is 11.9. The second kappa shape index (κ2) is 3.62. The van der Waals surface area contributed by atoms with E-state index in [1.54, 1.807) is 20.8 Å². The van der Waals surface area contributed by atoms with Crippen LogP contribution in [0.3, 0.4) is 0 Å². The summed E-state index contributed by atoms with van der Waals surface area (Å²) in [7, 11) is -3.24. The molecule has 1 fully saturated rings. The molecular weight excluding hydrogens is 202 g/mol. The second-order valence-corrected chi connectivity index (χ2v) is 7.25. The quantitative estimate of drug-likeness (QED) is 0.655. The summed E-state index contributed by atoms with van der Waals surface area (Å²) in [5, 5.41) is 0. The van der Waals surface area contributed by atoms with Crippen molar-refractivity contribution in [2.24, 2.45) is 0 Å². The summed E-state index contributed by atoms with van der Waals surface area (Å²) in [4.78, 5) is 11.0. The van der Waals surface area contributed by atoms with E-state index in [1.165, 1.54) is 4.31 Å². The monoisotopic (exact) mass is 219 g/mol. The molecule has 4 nitrogen and oxygen atoms in total. The fraction of sp³-hybridized carbons (Fsp3) is 0.889. The number of hydrogen-bond acceptors (Lipinski definition) is 3. The zero-order valence-corrected chi connectivity index (χ0v) is 9.73. The van der Waals surface area contributed by atoms with E-state index in [9.17, 15) is 13.2 Å². The molecule has 1 heterocycles. The molecule has 0 bridgehead atoms. The van der Waals surface area contributed by atoms with E-state index in [2.05, 4.69) is 0 Å². The molecule has 1 aliphatic rings. The van der Waals surface area contributed by atoms with Gasteiger partial charge in [0, 0.05) is 25.9 Å². The number of ketones is 1. The highest BCUT2D eigenvalue weighted by Gasteiger charge is 2.36. The van der Waals surface area contributed by atoms with E-state index in [4.69, 9.17) is 0 Å². The Morgan fingerprint density at radius 2 is 1.57 bits per heavy atom.